The highest BCUT2D eigenvalue weighted by Crippen LogP contribution is 2.33. The lowest BCUT2D eigenvalue weighted by Crippen LogP contribution is -2.28. The first-order valence-electron chi connectivity index (χ1n) is 7.96. The third-order valence-electron chi connectivity index (χ3n) is 3.50. The molecule has 0 spiro atoms. The van der Waals surface area contributed by atoms with Crippen LogP contribution in [0.2, 0.25) is 0 Å². The molecule has 26 heavy (non-hydrogen) atoms. The van der Waals surface area contributed by atoms with Gasteiger partial charge in [0.2, 0.25) is 17.5 Å². The van der Waals surface area contributed by atoms with E-state index in [1.54, 1.807) is 29.2 Å². The van der Waals surface area contributed by atoms with Crippen LogP contribution in [0.1, 0.15) is 13.8 Å². The number of anilines is 4. The van der Waals surface area contributed by atoms with Gasteiger partial charge in [0.05, 0.1) is 11.5 Å². The minimum Gasteiger partial charge on any atom is -0.395 e. The fraction of sp³-hybridized carbons (Fsp3) is 0.312. The Morgan fingerprint density at radius 2 is 1.92 bits per heavy atom. The molecule has 1 aromatic carbocycles. The molecule has 0 fully saturated rings. The number of hydrogen-bond donors (Lipinski definition) is 3. The highest BCUT2D eigenvalue weighted by molar-refractivity contribution is 5.89. The molecule has 0 saturated heterocycles. The molecule has 0 atom stereocenters. The minimum absolute atomic E-state index is 0.0451. The molecule has 10 nitrogen and oxygen atoms in total. The van der Waals surface area contributed by atoms with Gasteiger partial charge < -0.3 is 20.6 Å². The van der Waals surface area contributed by atoms with Crippen LogP contribution < -0.4 is 15.5 Å². The Kier molecular flexibility index (Phi) is 6.39. The number of aliphatic hydroxyl groups excluding tert-OH is 1. The molecule has 0 aliphatic heterocycles. The maximum Gasteiger partial charge on any atom is 0.353 e. The molecule has 0 unspecified atom stereocenters. The van der Waals surface area contributed by atoms with Gasteiger partial charge in [-0.1, -0.05) is 0 Å². The molecule has 10 heteroatoms. The molecular formula is C16H20N6O4. The summed E-state index contributed by atoms with van der Waals surface area (Å²) in [7, 11) is 0. The van der Waals surface area contributed by atoms with Crippen molar-refractivity contribution >= 4 is 34.6 Å². The molecule has 3 N–H and O–H groups in total. The lowest BCUT2D eigenvalue weighted by atomic mass is 10.2. The number of carbonyl (C=O) groups excluding carboxylic acids is 1. The number of likely N-dealkylation sites (N-methyl/N-ethyl adjacent to an activating group) is 1. The number of aromatic nitrogens is 2. The van der Waals surface area contributed by atoms with Crippen LogP contribution in [0.25, 0.3) is 0 Å². The quantitative estimate of drug-likeness (QED) is 0.480. The molecule has 1 heterocycles. The lowest BCUT2D eigenvalue weighted by Gasteiger charge is -2.21. The second-order valence-corrected chi connectivity index (χ2v) is 5.34. The topological polar surface area (TPSA) is 134 Å². The molecule has 0 saturated carbocycles. The van der Waals surface area contributed by atoms with E-state index in [1.165, 1.54) is 13.3 Å². The number of aliphatic hydroxyl groups is 1. The Morgan fingerprint density at radius 1 is 1.27 bits per heavy atom. The van der Waals surface area contributed by atoms with Crippen LogP contribution in [-0.4, -0.2) is 45.6 Å². The van der Waals surface area contributed by atoms with Crippen molar-refractivity contribution in [3.63, 3.8) is 0 Å². The summed E-state index contributed by atoms with van der Waals surface area (Å²) in [6.45, 7) is 3.74. The summed E-state index contributed by atoms with van der Waals surface area (Å²) in [6.07, 6.45) is 1.23. The number of amides is 1. The first-order valence-corrected chi connectivity index (χ1v) is 7.96. The lowest BCUT2D eigenvalue weighted by molar-refractivity contribution is -0.383. The standard InChI is InChI=1S/C16H20N6O4/c1-3-21(8-9-23)16-14(22(25)26)15(17-10-18-16)20-13-6-4-12(5-7-13)19-11(2)24/h4-7,10,23H,3,8-9H2,1-2H3,(H,19,24)(H,17,18,20). The Bertz CT molecular complexity index is 781. The van der Waals surface area contributed by atoms with Gasteiger partial charge in [0, 0.05) is 31.4 Å². The monoisotopic (exact) mass is 360 g/mol. The van der Waals surface area contributed by atoms with E-state index < -0.39 is 4.92 Å². The van der Waals surface area contributed by atoms with Crippen molar-refractivity contribution in [3.05, 3.63) is 40.7 Å². The Morgan fingerprint density at radius 3 is 2.46 bits per heavy atom. The van der Waals surface area contributed by atoms with Gasteiger partial charge in [0.25, 0.3) is 0 Å². The van der Waals surface area contributed by atoms with E-state index in [0.29, 0.717) is 17.9 Å². The summed E-state index contributed by atoms with van der Waals surface area (Å²) < 4.78 is 0. The van der Waals surface area contributed by atoms with Gasteiger partial charge in [0.15, 0.2) is 0 Å². The highest BCUT2D eigenvalue weighted by atomic mass is 16.6. The molecule has 0 radical (unpaired) electrons. The molecular weight excluding hydrogens is 340 g/mol. The average molecular weight is 360 g/mol. The number of carbonyl (C=O) groups is 1. The van der Waals surface area contributed by atoms with E-state index in [1.807, 2.05) is 6.92 Å². The summed E-state index contributed by atoms with van der Waals surface area (Å²) in [4.78, 5) is 31.7. The predicted molar refractivity (Wildman–Crippen MR) is 97.7 cm³/mol. The number of nitro groups is 1. The minimum atomic E-state index is -0.552. The van der Waals surface area contributed by atoms with Crippen LogP contribution in [0.3, 0.4) is 0 Å². The molecule has 0 aliphatic rings. The zero-order valence-corrected chi connectivity index (χ0v) is 14.5. The molecule has 0 aliphatic carbocycles. The first-order chi connectivity index (χ1) is 12.5. The van der Waals surface area contributed by atoms with Crippen molar-refractivity contribution in [3.8, 4) is 0 Å². The van der Waals surface area contributed by atoms with Crippen molar-refractivity contribution in [2.75, 3.05) is 35.2 Å². The Balaban J connectivity index is 2.34. The van der Waals surface area contributed by atoms with Crippen molar-refractivity contribution < 1.29 is 14.8 Å². The molecule has 138 valence electrons. The first kappa shape index (κ1) is 19.1. The molecule has 0 bridgehead atoms. The number of nitrogens with one attached hydrogen (secondary N) is 2. The Labute approximate surface area is 150 Å². The SMILES string of the molecule is CCN(CCO)c1ncnc(Nc2ccc(NC(C)=O)cc2)c1[N+](=O)[O-]. The van der Waals surface area contributed by atoms with Crippen LogP contribution in [-0.2, 0) is 4.79 Å². The van der Waals surface area contributed by atoms with Crippen LogP contribution in [0, 0.1) is 10.1 Å². The van der Waals surface area contributed by atoms with Crippen LogP contribution in [0.5, 0.6) is 0 Å². The zero-order chi connectivity index (χ0) is 19.1. The normalized spacial score (nSPS) is 10.3. The average Bonchev–Trinajstić information content (AvgIpc) is 2.60. The summed E-state index contributed by atoms with van der Waals surface area (Å²) in [6, 6.07) is 6.67. The van der Waals surface area contributed by atoms with Gasteiger partial charge in [0.1, 0.15) is 6.33 Å². The van der Waals surface area contributed by atoms with Crippen molar-refractivity contribution in [2.24, 2.45) is 0 Å². The number of nitrogens with zero attached hydrogens (tertiary/aromatic N) is 4. The van der Waals surface area contributed by atoms with Crippen molar-refractivity contribution in [1.82, 2.24) is 9.97 Å². The van der Waals surface area contributed by atoms with Gasteiger partial charge in [-0.15, -0.1) is 0 Å². The maximum absolute atomic E-state index is 11.6. The third kappa shape index (κ3) is 4.63. The number of rotatable bonds is 8. The van der Waals surface area contributed by atoms with Crippen molar-refractivity contribution in [1.29, 1.82) is 0 Å². The van der Waals surface area contributed by atoms with Gasteiger partial charge in [-0.3, -0.25) is 14.9 Å². The second-order valence-electron chi connectivity index (χ2n) is 5.34. The van der Waals surface area contributed by atoms with E-state index in [2.05, 4.69) is 20.6 Å². The Hall–Kier alpha value is -3.27. The third-order valence-corrected chi connectivity index (χ3v) is 3.50. The smallest absolute Gasteiger partial charge is 0.353 e. The molecule has 1 aromatic heterocycles. The zero-order valence-electron chi connectivity index (χ0n) is 14.5. The predicted octanol–water partition coefficient (Wildman–Crippen LogP) is 1.91. The molecule has 2 aromatic rings. The van der Waals surface area contributed by atoms with Crippen LogP contribution >= 0.6 is 0 Å². The van der Waals surface area contributed by atoms with Gasteiger partial charge in [-0.25, -0.2) is 9.97 Å². The van der Waals surface area contributed by atoms with E-state index >= 15 is 0 Å². The largest absolute Gasteiger partial charge is 0.395 e. The maximum atomic E-state index is 11.6. The fourth-order valence-electron chi connectivity index (χ4n) is 2.37. The highest BCUT2D eigenvalue weighted by Gasteiger charge is 2.26. The summed E-state index contributed by atoms with van der Waals surface area (Å²) in [5.74, 6) is -0.00656. The van der Waals surface area contributed by atoms with E-state index in [0.717, 1.165) is 0 Å². The van der Waals surface area contributed by atoms with Crippen LogP contribution in [0.4, 0.5) is 28.7 Å². The molecule has 1 amide bonds. The van der Waals surface area contributed by atoms with E-state index in [-0.39, 0.29) is 36.4 Å². The van der Waals surface area contributed by atoms with Gasteiger partial charge in [-0.05, 0) is 31.2 Å². The molecule has 2 rings (SSSR count). The van der Waals surface area contributed by atoms with Crippen molar-refractivity contribution in [2.45, 2.75) is 13.8 Å². The van der Waals surface area contributed by atoms with E-state index in [9.17, 15) is 14.9 Å². The second kappa shape index (κ2) is 8.72. The van der Waals surface area contributed by atoms with E-state index in [4.69, 9.17) is 5.11 Å². The summed E-state index contributed by atoms with van der Waals surface area (Å²) in [5, 5.41) is 26.3. The number of hydrogen-bond acceptors (Lipinski definition) is 8. The number of benzene rings is 1. The summed E-state index contributed by atoms with van der Waals surface area (Å²) >= 11 is 0. The van der Waals surface area contributed by atoms with Crippen LogP contribution in [0.15, 0.2) is 30.6 Å². The summed E-state index contributed by atoms with van der Waals surface area (Å²) in [5.41, 5.74) is 0.909. The van der Waals surface area contributed by atoms with Gasteiger partial charge in [-0.2, -0.15) is 0 Å². The fourth-order valence-corrected chi connectivity index (χ4v) is 2.37. The van der Waals surface area contributed by atoms with Gasteiger partial charge >= 0.3 is 5.69 Å².